The van der Waals surface area contributed by atoms with Gasteiger partial charge in [0.25, 0.3) is 0 Å². The molecule has 4 nitrogen and oxygen atoms in total. The van der Waals surface area contributed by atoms with Crippen molar-refractivity contribution in [2.24, 2.45) is 11.3 Å². The molecule has 0 aromatic heterocycles. The smallest absolute Gasteiger partial charge is 0.217 e. The Hall–Kier alpha value is -0.610. The summed E-state index contributed by atoms with van der Waals surface area (Å²) in [5, 5.41) is 6.79. The number of hydrogen-bond donors (Lipinski definition) is 2. The minimum atomic E-state index is 0.0996. The van der Waals surface area contributed by atoms with Gasteiger partial charge in [0.2, 0.25) is 5.91 Å². The zero-order chi connectivity index (χ0) is 15.5. The fraction of sp³-hybridized carbons (Fsp3) is 0.941. The van der Waals surface area contributed by atoms with Gasteiger partial charge >= 0.3 is 0 Å². The molecule has 0 bridgehead atoms. The Kier molecular flexibility index (Phi) is 5.67. The maximum atomic E-state index is 11.1. The van der Waals surface area contributed by atoms with Gasteiger partial charge in [-0.1, -0.05) is 20.8 Å². The summed E-state index contributed by atoms with van der Waals surface area (Å²) in [5.41, 5.74) is 0.228. The lowest BCUT2D eigenvalue weighted by Crippen LogP contribution is -2.44. The van der Waals surface area contributed by atoms with Crippen LogP contribution in [0.1, 0.15) is 59.8 Å². The first-order valence-corrected chi connectivity index (χ1v) is 8.48. The Balaban J connectivity index is 1.71. The highest BCUT2D eigenvalue weighted by atomic mass is 16.5. The molecule has 122 valence electrons. The third kappa shape index (κ3) is 4.96. The highest BCUT2D eigenvalue weighted by molar-refractivity contribution is 5.73. The summed E-state index contributed by atoms with van der Waals surface area (Å²) >= 11 is 0. The van der Waals surface area contributed by atoms with Crippen LogP contribution in [0.3, 0.4) is 0 Å². The Bertz CT molecular complexity index is 343. The number of carbonyl (C=O) groups excluding carboxylic acids is 1. The molecule has 0 unspecified atom stereocenters. The number of carbonyl (C=O) groups is 1. The molecule has 1 saturated carbocycles. The molecule has 2 rings (SSSR count). The lowest BCUT2D eigenvalue weighted by Gasteiger charge is -2.34. The Morgan fingerprint density at radius 1 is 1.10 bits per heavy atom. The number of nitrogens with one attached hydrogen (secondary N) is 2. The van der Waals surface area contributed by atoms with Crippen molar-refractivity contribution in [3.05, 3.63) is 0 Å². The van der Waals surface area contributed by atoms with Crippen molar-refractivity contribution in [3.8, 4) is 0 Å². The number of hydrogen-bond acceptors (Lipinski definition) is 3. The average molecular weight is 296 g/mol. The van der Waals surface area contributed by atoms with Crippen LogP contribution in [0, 0.1) is 11.3 Å². The van der Waals surface area contributed by atoms with Crippen LogP contribution >= 0.6 is 0 Å². The molecular formula is C17H32N2O2. The first kappa shape index (κ1) is 16.8. The van der Waals surface area contributed by atoms with E-state index < -0.39 is 0 Å². The molecule has 0 radical (unpaired) electrons. The highest BCUT2D eigenvalue weighted by Gasteiger charge is 2.37. The molecule has 0 aromatic rings. The van der Waals surface area contributed by atoms with E-state index in [9.17, 15) is 4.79 Å². The second kappa shape index (κ2) is 7.10. The molecule has 4 heteroatoms. The van der Waals surface area contributed by atoms with Gasteiger partial charge < -0.3 is 15.4 Å². The summed E-state index contributed by atoms with van der Waals surface area (Å²) < 4.78 is 5.94. The van der Waals surface area contributed by atoms with Crippen molar-refractivity contribution in [1.82, 2.24) is 10.6 Å². The second-order valence-corrected chi connectivity index (χ2v) is 7.86. The van der Waals surface area contributed by atoms with Crippen LogP contribution < -0.4 is 10.6 Å². The van der Waals surface area contributed by atoms with E-state index >= 15 is 0 Å². The molecule has 0 spiro atoms. The van der Waals surface area contributed by atoms with Gasteiger partial charge in [0.15, 0.2) is 0 Å². The predicted octanol–water partition coefficient (Wildman–Crippen LogP) is 2.47. The standard InChI is InChI=1S/C17H32N2O2/c1-12(20)19-15-7-5-14(6-8-15)18-11-13-9-10-21-16(13)17(2,3)4/h13-16,18H,5-11H2,1-4H3,(H,19,20)/t13-,14?,15?,16+/m1/s1. The lowest BCUT2D eigenvalue weighted by atomic mass is 9.81. The van der Waals surface area contributed by atoms with E-state index in [1.54, 1.807) is 6.92 Å². The zero-order valence-electron chi connectivity index (χ0n) is 14.1. The molecule has 0 aromatic carbocycles. The second-order valence-electron chi connectivity index (χ2n) is 7.86. The van der Waals surface area contributed by atoms with Gasteiger partial charge in [0.1, 0.15) is 0 Å². The van der Waals surface area contributed by atoms with Crippen molar-refractivity contribution in [2.45, 2.75) is 78.0 Å². The number of amides is 1. The number of ether oxygens (including phenoxy) is 1. The van der Waals surface area contributed by atoms with Gasteiger partial charge in [0, 0.05) is 38.1 Å². The van der Waals surface area contributed by atoms with E-state index in [1.165, 1.54) is 19.3 Å². The molecule has 2 aliphatic rings. The van der Waals surface area contributed by atoms with Gasteiger partial charge in [0.05, 0.1) is 6.10 Å². The molecule has 2 fully saturated rings. The van der Waals surface area contributed by atoms with Crippen LogP contribution in [-0.2, 0) is 9.53 Å². The van der Waals surface area contributed by atoms with E-state index in [1.807, 2.05) is 0 Å². The van der Waals surface area contributed by atoms with E-state index in [2.05, 4.69) is 31.4 Å². The molecule has 1 aliphatic heterocycles. The SMILES string of the molecule is CC(=O)NC1CCC(NC[C@H]2CCO[C@@H]2C(C)(C)C)CC1. The normalized spacial score (nSPS) is 33.9. The summed E-state index contributed by atoms with van der Waals surface area (Å²) in [6.07, 6.45) is 6.08. The number of rotatable bonds is 4. The van der Waals surface area contributed by atoms with Crippen molar-refractivity contribution in [2.75, 3.05) is 13.2 Å². The average Bonchev–Trinajstić information content (AvgIpc) is 2.85. The van der Waals surface area contributed by atoms with Gasteiger partial charge in [-0.05, 0) is 37.5 Å². The fourth-order valence-corrected chi connectivity index (χ4v) is 3.85. The van der Waals surface area contributed by atoms with Gasteiger partial charge in [-0.2, -0.15) is 0 Å². The van der Waals surface area contributed by atoms with Gasteiger partial charge in [-0.3, -0.25) is 4.79 Å². The predicted molar refractivity (Wildman–Crippen MR) is 85.2 cm³/mol. The minimum Gasteiger partial charge on any atom is -0.377 e. The molecule has 2 atom stereocenters. The minimum absolute atomic E-state index is 0.0996. The van der Waals surface area contributed by atoms with Crippen LogP contribution in [0.25, 0.3) is 0 Å². The van der Waals surface area contributed by atoms with E-state index in [0.29, 0.717) is 24.1 Å². The van der Waals surface area contributed by atoms with Crippen LogP contribution in [-0.4, -0.2) is 37.2 Å². The van der Waals surface area contributed by atoms with Gasteiger partial charge in [-0.15, -0.1) is 0 Å². The summed E-state index contributed by atoms with van der Waals surface area (Å²) in [4.78, 5) is 11.1. The Labute approximate surface area is 129 Å². The quantitative estimate of drug-likeness (QED) is 0.838. The van der Waals surface area contributed by atoms with Crippen LogP contribution in [0.5, 0.6) is 0 Å². The first-order valence-electron chi connectivity index (χ1n) is 8.48. The maximum absolute atomic E-state index is 11.1. The third-order valence-electron chi connectivity index (χ3n) is 4.87. The van der Waals surface area contributed by atoms with E-state index in [0.717, 1.165) is 26.0 Å². The first-order chi connectivity index (χ1) is 9.86. The van der Waals surface area contributed by atoms with Crippen molar-refractivity contribution in [3.63, 3.8) is 0 Å². The topological polar surface area (TPSA) is 50.4 Å². The van der Waals surface area contributed by atoms with Crippen molar-refractivity contribution < 1.29 is 9.53 Å². The molecule has 21 heavy (non-hydrogen) atoms. The van der Waals surface area contributed by atoms with Crippen LogP contribution in [0.15, 0.2) is 0 Å². The molecule has 1 saturated heterocycles. The molecule has 1 amide bonds. The molecular weight excluding hydrogens is 264 g/mol. The van der Waals surface area contributed by atoms with Crippen LogP contribution in [0.2, 0.25) is 0 Å². The molecule has 1 heterocycles. The van der Waals surface area contributed by atoms with Gasteiger partial charge in [-0.25, -0.2) is 0 Å². The zero-order valence-corrected chi connectivity index (χ0v) is 14.1. The van der Waals surface area contributed by atoms with E-state index in [4.69, 9.17) is 4.74 Å². The summed E-state index contributed by atoms with van der Waals surface area (Å²) in [7, 11) is 0. The summed E-state index contributed by atoms with van der Waals surface area (Å²) in [6.45, 7) is 10.4. The van der Waals surface area contributed by atoms with Crippen molar-refractivity contribution in [1.29, 1.82) is 0 Å². The Morgan fingerprint density at radius 3 is 2.29 bits per heavy atom. The van der Waals surface area contributed by atoms with Crippen LogP contribution in [0.4, 0.5) is 0 Å². The molecule has 2 N–H and O–H groups in total. The Morgan fingerprint density at radius 2 is 1.71 bits per heavy atom. The third-order valence-corrected chi connectivity index (χ3v) is 4.87. The molecule has 1 aliphatic carbocycles. The highest BCUT2D eigenvalue weighted by Crippen LogP contribution is 2.34. The monoisotopic (exact) mass is 296 g/mol. The maximum Gasteiger partial charge on any atom is 0.217 e. The van der Waals surface area contributed by atoms with E-state index in [-0.39, 0.29) is 11.3 Å². The summed E-state index contributed by atoms with van der Waals surface area (Å²) in [6, 6.07) is 0.994. The van der Waals surface area contributed by atoms with Crippen molar-refractivity contribution >= 4 is 5.91 Å². The lowest BCUT2D eigenvalue weighted by molar-refractivity contribution is -0.119. The fourth-order valence-electron chi connectivity index (χ4n) is 3.85. The largest absolute Gasteiger partial charge is 0.377 e. The summed E-state index contributed by atoms with van der Waals surface area (Å²) in [5.74, 6) is 0.737.